The highest BCUT2D eigenvalue weighted by atomic mass is 19.4. The van der Waals surface area contributed by atoms with E-state index in [0.717, 1.165) is 0 Å². The molecule has 1 nitrogen and oxygen atoms in total. The Morgan fingerprint density at radius 3 is 1.67 bits per heavy atom. The normalized spacial score (nSPS) is 13.7. The van der Waals surface area contributed by atoms with Gasteiger partial charge in [-0.15, -0.1) is 0 Å². The van der Waals surface area contributed by atoms with Gasteiger partial charge in [0.15, 0.2) is 11.6 Å². The van der Waals surface area contributed by atoms with E-state index in [-0.39, 0.29) is 12.1 Å². The number of ether oxygens (including phenoxy) is 1. The van der Waals surface area contributed by atoms with Crippen molar-refractivity contribution < 1.29 is 48.6 Å². The molecule has 0 N–H and O–H groups in total. The van der Waals surface area contributed by atoms with Gasteiger partial charge >= 0.3 is 18.5 Å². The van der Waals surface area contributed by atoms with Crippen LogP contribution in [0.25, 0.3) is 0 Å². The summed E-state index contributed by atoms with van der Waals surface area (Å²) < 4.78 is 128. The summed E-state index contributed by atoms with van der Waals surface area (Å²) in [6.07, 6.45) is -18.6. The minimum atomic E-state index is -6.39. The van der Waals surface area contributed by atoms with Crippen LogP contribution in [0.1, 0.15) is 0 Å². The quantitative estimate of drug-likeness (QED) is 0.732. The van der Waals surface area contributed by atoms with Crippen molar-refractivity contribution in [3.8, 4) is 5.75 Å². The van der Waals surface area contributed by atoms with Crippen molar-refractivity contribution in [2.75, 3.05) is 0 Å². The van der Waals surface area contributed by atoms with Gasteiger partial charge in [-0.25, -0.2) is 8.78 Å². The second kappa shape index (κ2) is 5.26. The van der Waals surface area contributed by atoms with Crippen LogP contribution in [0.5, 0.6) is 5.75 Å². The Balaban J connectivity index is 3.18. The standard InChI is InChI=1S/C10H4F10O/c11-4-1-2-6(5(12)3-4)21-10(19,20)7(8(13,14)15)9(16,17)18/h1-3,7H. The van der Waals surface area contributed by atoms with Crippen molar-refractivity contribution in [3.05, 3.63) is 29.8 Å². The van der Waals surface area contributed by atoms with Crippen molar-refractivity contribution in [2.45, 2.75) is 18.5 Å². The Bertz CT molecular complexity index is 490. The lowest BCUT2D eigenvalue weighted by Crippen LogP contribution is -2.51. The molecule has 11 heteroatoms. The van der Waals surface area contributed by atoms with Crippen molar-refractivity contribution >= 4 is 0 Å². The number of alkyl halides is 8. The lowest BCUT2D eigenvalue weighted by Gasteiger charge is -2.30. The van der Waals surface area contributed by atoms with Crippen molar-refractivity contribution in [3.63, 3.8) is 0 Å². The molecule has 0 atom stereocenters. The molecule has 0 saturated heterocycles. The molecular weight excluding hydrogens is 326 g/mol. The summed E-state index contributed by atoms with van der Waals surface area (Å²) in [5.74, 6) is -9.98. The first kappa shape index (κ1) is 17.4. The molecule has 0 bridgehead atoms. The Morgan fingerprint density at radius 2 is 1.29 bits per heavy atom. The largest absolute Gasteiger partial charge is 0.429 e. The average molecular weight is 330 g/mol. The summed E-state index contributed by atoms with van der Waals surface area (Å²) in [6, 6.07) is 0.425. The van der Waals surface area contributed by atoms with Gasteiger partial charge in [-0.05, 0) is 12.1 Å². The minimum absolute atomic E-state index is 0.0401. The first-order chi connectivity index (χ1) is 9.25. The number of rotatable bonds is 3. The molecule has 1 rings (SSSR count). The summed E-state index contributed by atoms with van der Waals surface area (Å²) in [6.45, 7) is 0. The fourth-order valence-corrected chi connectivity index (χ4v) is 1.33. The molecule has 0 fully saturated rings. The van der Waals surface area contributed by atoms with Gasteiger partial charge in [0.2, 0.25) is 0 Å². The summed E-state index contributed by atoms with van der Waals surface area (Å²) in [5, 5.41) is 0. The molecule has 0 radical (unpaired) electrons. The third-order valence-electron chi connectivity index (χ3n) is 2.13. The van der Waals surface area contributed by atoms with E-state index in [1.54, 1.807) is 0 Å². The van der Waals surface area contributed by atoms with Crippen LogP contribution >= 0.6 is 0 Å². The number of hydrogen-bond acceptors (Lipinski definition) is 1. The minimum Gasteiger partial charge on any atom is -0.429 e. The fourth-order valence-electron chi connectivity index (χ4n) is 1.33. The van der Waals surface area contributed by atoms with Crippen LogP contribution in [0.3, 0.4) is 0 Å². The number of benzene rings is 1. The van der Waals surface area contributed by atoms with E-state index in [1.807, 2.05) is 0 Å². The molecule has 1 aromatic carbocycles. The number of halogens is 10. The van der Waals surface area contributed by atoms with Gasteiger partial charge in [0, 0.05) is 6.07 Å². The molecule has 21 heavy (non-hydrogen) atoms. The summed E-state index contributed by atoms with van der Waals surface area (Å²) in [5.41, 5.74) is 0. The third kappa shape index (κ3) is 4.14. The monoisotopic (exact) mass is 330 g/mol. The van der Waals surface area contributed by atoms with Gasteiger partial charge in [0.05, 0.1) is 0 Å². The molecule has 0 saturated carbocycles. The van der Waals surface area contributed by atoms with Crippen LogP contribution < -0.4 is 4.74 Å². The van der Waals surface area contributed by atoms with Crippen molar-refractivity contribution in [1.29, 1.82) is 0 Å². The van der Waals surface area contributed by atoms with E-state index in [1.165, 1.54) is 0 Å². The SMILES string of the molecule is Fc1ccc(OC(F)(F)C(C(F)(F)F)C(F)(F)F)c(F)c1. The maximum absolute atomic E-state index is 13.1. The molecule has 0 spiro atoms. The van der Waals surface area contributed by atoms with E-state index in [9.17, 15) is 43.9 Å². The molecule has 1 aromatic rings. The van der Waals surface area contributed by atoms with E-state index in [4.69, 9.17) is 0 Å². The van der Waals surface area contributed by atoms with E-state index < -0.39 is 41.8 Å². The Morgan fingerprint density at radius 1 is 0.810 bits per heavy atom. The predicted molar refractivity (Wildman–Crippen MR) is 47.5 cm³/mol. The van der Waals surface area contributed by atoms with Crippen LogP contribution in [0.15, 0.2) is 18.2 Å². The van der Waals surface area contributed by atoms with Crippen LogP contribution in [-0.4, -0.2) is 18.5 Å². The highest BCUT2D eigenvalue weighted by Gasteiger charge is 2.71. The van der Waals surface area contributed by atoms with Gasteiger partial charge in [-0.1, -0.05) is 0 Å². The number of hydrogen-bond donors (Lipinski definition) is 0. The summed E-state index contributed by atoms with van der Waals surface area (Å²) >= 11 is 0. The molecule has 0 aliphatic carbocycles. The maximum atomic E-state index is 13.1. The molecule has 0 aliphatic heterocycles. The second-order valence-corrected chi connectivity index (χ2v) is 3.75. The lowest BCUT2D eigenvalue weighted by molar-refractivity contribution is -0.379. The predicted octanol–water partition coefficient (Wildman–Crippen LogP) is 4.68. The zero-order valence-corrected chi connectivity index (χ0v) is 9.50. The molecule has 0 heterocycles. The second-order valence-electron chi connectivity index (χ2n) is 3.75. The Kier molecular flexibility index (Phi) is 4.35. The van der Waals surface area contributed by atoms with E-state index in [2.05, 4.69) is 4.74 Å². The smallest absolute Gasteiger partial charge is 0.418 e. The highest BCUT2D eigenvalue weighted by Crippen LogP contribution is 2.48. The topological polar surface area (TPSA) is 9.23 Å². The van der Waals surface area contributed by atoms with E-state index in [0.29, 0.717) is 6.07 Å². The van der Waals surface area contributed by atoms with Gasteiger partial charge in [0.25, 0.3) is 5.92 Å². The van der Waals surface area contributed by atoms with Gasteiger partial charge in [-0.3, -0.25) is 0 Å². The zero-order valence-electron chi connectivity index (χ0n) is 9.50. The zero-order chi connectivity index (χ0) is 16.6. The molecule has 0 aliphatic rings. The Hall–Kier alpha value is -1.68. The van der Waals surface area contributed by atoms with Gasteiger partial charge < -0.3 is 4.74 Å². The Labute approximate surface area is 110 Å². The molecule has 0 amide bonds. The van der Waals surface area contributed by atoms with Gasteiger partial charge in [-0.2, -0.15) is 35.1 Å². The van der Waals surface area contributed by atoms with Crippen molar-refractivity contribution in [1.82, 2.24) is 0 Å². The van der Waals surface area contributed by atoms with Gasteiger partial charge in [0.1, 0.15) is 5.82 Å². The van der Waals surface area contributed by atoms with Crippen LogP contribution in [0.2, 0.25) is 0 Å². The molecule has 0 unspecified atom stereocenters. The molecule has 120 valence electrons. The molecule has 0 aromatic heterocycles. The molecular formula is C10H4F10O. The lowest BCUT2D eigenvalue weighted by atomic mass is 10.1. The van der Waals surface area contributed by atoms with Crippen LogP contribution in [0.4, 0.5) is 43.9 Å². The van der Waals surface area contributed by atoms with Crippen molar-refractivity contribution in [2.24, 2.45) is 5.92 Å². The first-order valence-corrected chi connectivity index (χ1v) is 4.90. The third-order valence-corrected chi connectivity index (χ3v) is 2.13. The summed E-state index contributed by atoms with van der Waals surface area (Å²) in [7, 11) is 0. The maximum Gasteiger partial charge on any atom is 0.418 e. The summed E-state index contributed by atoms with van der Waals surface area (Å²) in [4.78, 5) is 0. The highest BCUT2D eigenvalue weighted by molar-refractivity contribution is 5.25. The van der Waals surface area contributed by atoms with Crippen LogP contribution in [0, 0.1) is 17.6 Å². The first-order valence-electron chi connectivity index (χ1n) is 4.90. The van der Waals surface area contributed by atoms with E-state index >= 15 is 0 Å². The average Bonchev–Trinajstić information content (AvgIpc) is 2.16. The van der Waals surface area contributed by atoms with Crippen LogP contribution in [-0.2, 0) is 0 Å². The fraction of sp³-hybridized carbons (Fsp3) is 0.400.